The van der Waals surface area contributed by atoms with Crippen LogP contribution in [0.4, 0.5) is 0 Å². The van der Waals surface area contributed by atoms with Crippen molar-refractivity contribution in [3.8, 4) is 0 Å². The highest BCUT2D eigenvalue weighted by molar-refractivity contribution is 7.79. The van der Waals surface area contributed by atoms with Crippen molar-refractivity contribution < 1.29 is 32.2 Å². The summed E-state index contributed by atoms with van der Waals surface area (Å²) in [5, 5.41) is 7.64. The molecule has 0 aromatic carbocycles. The van der Waals surface area contributed by atoms with Crippen molar-refractivity contribution in [2.45, 2.75) is 6.92 Å². The summed E-state index contributed by atoms with van der Waals surface area (Å²) < 4.78 is 31.6. The number of carboxylic acid groups (broad SMARTS) is 1. The summed E-state index contributed by atoms with van der Waals surface area (Å²) in [7, 11) is -4.67. The normalized spacial score (nSPS) is 9.36. The molecular weight excluding hydrogens is 180 g/mol. The van der Waals surface area contributed by atoms with Gasteiger partial charge in [-0.3, -0.25) is 13.9 Å². The molecule has 0 spiro atoms. The van der Waals surface area contributed by atoms with E-state index in [1.165, 1.54) is 0 Å². The van der Waals surface area contributed by atoms with Gasteiger partial charge in [0, 0.05) is 6.92 Å². The van der Waals surface area contributed by atoms with Crippen LogP contribution in [0, 0.1) is 0 Å². The fourth-order valence-electron chi connectivity index (χ4n) is 0. The Morgan fingerprint density at radius 3 is 1.27 bits per heavy atom. The first kappa shape index (κ1) is 12.7. The quantitative estimate of drug-likeness (QED) is 0.354. The number of hydrogen-bond donors (Lipinski definition) is 3. The largest absolute Gasteiger partial charge is 0.476 e. The van der Waals surface area contributed by atoms with E-state index in [0.29, 0.717) is 0 Å². The number of carboxylic acids is 1. The molecule has 0 saturated carbocycles. The third kappa shape index (κ3) is 48.9. The first-order valence-corrected chi connectivity index (χ1v) is 3.48. The highest BCUT2D eigenvalue weighted by Crippen LogP contribution is 1.61. The van der Waals surface area contributed by atoms with Crippen molar-refractivity contribution in [3.05, 3.63) is 0 Å². The maximum atomic E-state index is 9.54. The van der Waals surface area contributed by atoms with Crippen molar-refractivity contribution in [2.75, 3.05) is 0 Å². The zero-order valence-corrected chi connectivity index (χ0v) is 6.20. The Balaban J connectivity index is 0. The first-order chi connectivity index (χ1) is 4.64. The van der Waals surface area contributed by atoms with Crippen LogP contribution in [0.3, 0.4) is 0 Å². The van der Waals surface area contributed by atoms with Crippen molar-refractivity contribution >= 4 is 22.2 Å². The molecule has 0 aromatic rings. The average Bonchev–Trinajstić information content (AvgIpc) is 1.59. The molecule has 0 radical (unpaired) electrons. The van der Waals surface area contributed by atoms with Crippen LogP contribution in [0.5, 0.6) is 0 Å². The summed E-state index contributed by atoms with van der Waals surface area (Å²) in [6, 6.07) is 0. The van der Waals surface area contributed by atoms with E-state index in [-0.39, 0.29) is 0 Å². The number of carbonyl (C=O) groups excluding carboxylic acids is 1. The highest BCUT2D eigenvalue weighted by atomic mass is 32.3. The van der Waals surface area contributed by atoms with Gasteiger partial charge >= 0.3 is 16.4 Å². The lowest BCUT2D eigenvalue weighted by atomic mass is 10.5. The minimum Gasteiger partial charge on any atom is -0.476 e. The Hall–Kier alpha value is -0.990. The van der Waals surface area contributed by atoms with E-state index in [4.69, 9.17) is 22.6 Å². The average molecular weight is 186 g/mol. The standard InChI is InChI=1S/C3H4O3.H2O4S/c1-2(4)3(5)6;1-5(2,3)4/h1H3,(H,5,6);(H2,1,2,3,4). The lowest BCUT2D eigenvalue weighted by molar-refractivity contribution is -0.148. The third-order valence-corrected chi connectivity index (χ3v) is 0.301. The van der Waals surface area contributed by atoms with Gasteiger partial charge in [0.25, 0.3) is 0 Å². The van der Waals surface area contributed by atoms with E-state index in [9.17, 15) is 9.59 Å². The molecule has 0 aliphatic carbocycles. The van der Waals surface area contributed by atoms with Crippen LogP contribution in [0.1, 0.15) is 6.92 Å². The number of rotatable bonds is 1. The van der Waals surface area contributed by atoms with E-state index in [1.807, 2.05) is 0 Å². The summed E-state index contributed by atoms with van der Waals surface area (Å²) >= 11 is 0. The smallest absolute Gasteiger partial charge is 0.394 e. The van der Waals surface area contributed by atoms with Crippen LogP contribution >= 0.6 is 0 Å². The van der Waals surface area contributed by atoms with Crippen molar-refractivity contribution in [1.82, 2.24) is 0 Å². The minimum atomic E-state index is -4.67. The van der Waals surface area contributed by atoms with Gasteiger partial charge in [0.1, 0.15) is 0 Å². The summed E-state index contributed by atoms with van der Waals surface area (Å²) in [5.74, 6) is -2.20. The van der Waals surface area contributed by atoms with Crippen molar-refractivity contribution in [3.63, 3.8) is 0 Å². The summed E-state index contributed by atoms with van der Waals surface area (Å²) in [5.41, 5.74) is 0. The predicted molar refractivity (Wildman–Crippen MR) is 32.5 cm³/mol. The summed E-state index contributed by atoms with van der Waals surface area (Å²) in [6.07, 6.45) is 0. The molecule has 0 aliphatic rings. The van der Waals surface area contributed by atoms with E-state index >= 15 is 0 Å². The van der Waals surface area contributed by atoms with Crippen molar-refractivity contribution in [2.24, 2.45) is 0 Å². The molecule has 0 unspecified atom stereocenters. The Morgan fingerprint density at radius 1 is 1.18 bits per heavy atom. The second kappa shape index (κ2) is 4.77. The molecule has 11 heavy (non-hydrogen) atoms. The molecule has 0 amide bonds. The fraction of sp³-hybridized carbons (Fsp3) is 0.333. The van der Waals surface area contributed by atoms with Gasteiger partial charge in [-0.05, 0) is 0 Å². The third-order valence-electron chi connectivity index (χ3n) is 0.301. The predicted octanol–water partition coefficient (Wildman–Crippen LogP) is -0.993. The molecule has 0 bridgehead atoms. The molecule has 0 aromatic heterocycles. The van der Waals surface area contributed by atoms with E-state index in [1.54, 1.807) is 0 Å². The number of carbonyl (C=O) groups is 2. The Morgan fingerprint density at radius 2 is 1.27 bits per heavy atom. The van der Waals surface area contributed by atoms with Gasteiger partial charge in [0.2, 0.25) is 5.78 Å². The van der Waals surface area contributed by atoms with Crippen LogP contribution in [0.2, 0.25) is 0 Å². The topological polar surface area (TPSA) is 129 Å². The maximum absolute atomic E-state index is 9.54. The molecule has 0 saturated heterocycles. The monoisotopic (exact) mass is 186 g/mol. The number of Topliss-reactive ketones (excluding diaryl/α,β-unsaturated/α-hetero) is 1. The highest BCUT2D eigenvalue weighted by Gasteiger charge is 1.98. The maximum Gasteiger partial charge on any atom is 0.394 e. The lowest BCUT2D eigenvalue weighted by Crippen LogP contribution is -2.05. The number of hydrogen-bond acceptors (Lipinski definition) is 4. The SMILES string of the molecule is CC(=O)C(=O)O.O=S(=O)(O)O. The molecule has 0 atom stereocenters. The fourth-order valence-corrected chi connectivity index (χ4v) is 0. The molecule has 3 N–H and O–H groups in total. The first-order valence-electron chi connectivity index (χ1n) is 2.08. The van der Waals surface area contributed by atoms with Crippen molar-refractivity contribution in [1.29, 1.82) is 0 Å². The molecular formula is C3H6O7S. The Kier molecular flexibility index (Phi) is 5.49. The van der Waals surface area contributed by atoms with E-state index < -0.39 is 22.2 Å². The van der Waals surface area contributed by atoms with Gasteiger partial charge < -0.3 is 5.11 Å². The Labute approximate surface area is 62.2 Å². The van der Waals surface area contributed by atoms with E-state index in [2.05, 4.69) is 0 Å². The van der Waals surface area contributed by atoms with Crippen LogP contribution in [-0.2, 0) is 20.0 Å². The second-order valence-electron chi connectivity index (χ2n) is 1.31. The summed E-state index contributed by atoms with van der Waals surface area (Å²) in [4.78, 5) is 18.9. The number of ketones is 1. The van der Waals surface area contributed by atoms with Crippen LogP contribution in [-0.4, -0.2) is 34.4 Å². The zero-order valence-electron chi connectivity index (χ0n) is 5.38. The van der Waals surface area contributed by atoms with Gasteiger partial charge in [-0.25, -0.2) is 4.79 Å². The molecule has 66 valence electrons. The van der Waals surface area contributed by atoms with E-state index in [0.717, 1.165) is 6.92 Å². The molecule has 0 heterocycles. The molecule has 7 nitrogen and oxygen atoms in total. The van der Waals surface area contributed by atoms with Gasteiger partial charge in [0.05, 0.1) is 0 Å². The van der Waals surface area contributed by atoms with Gasteiger partial charge in [0.15, 0.2) is 0 Å². The summed E-state index contributed by atoms with van der Waals surface area (Å²) in [6.45, 7) is 1.00. The van der Waals surface area contributed by atoms with Crippen LogP contribution < -0.4 is 0 Å². The molecule has 0 aliphatic heterocycles. The molecule has 8 heteroatoms. The van der Waals surface area contributed by atoms with Gasteiger partial charge in [-0.1, -0.05) is 0 Å². The lowest BCUT2D eigenvalue weighted by Gasteiger charge is -1.73. The minimum absolute atomic E-state index is 0.824. The van der Waals surface area contributed by atoms with Gasteiger partial charge in [-0.2, -0.15) is 8.42 Å². The molecule has 0 rings (SSSR count). The van der Waals surface area contributed by atoms with Crippen LogP contribution in [0.15, 0.2) is 0 Å². The van der Waals surface area contributed by atoms with Crippen LogP contribution in [0.25, 0.3) is 0 Å². The Bertz CT molecular complexity index is 216. The zero-order chi connectivity index (χ0) is 9.65. The number of aliphatic carboxylic acids is 1. The second-order valence-corrected chi connectivity index (χ2v) is 2.20. The molecule has 0 fully saturated rings. The van der Waals surface area contributed by atoms with Gasteiger partial charge in [-0.15, -0.1) is 0 Å².